The van der Waals surface area contributed by atoms with Crippen LogP contribution in [0.15, 0.2) is 23.5 Å². The van der Waals surface area contributed by atoms with Gasteiger partial charge < -0.3 is 20.7 Å². The van der Waals surface area contributed by atoms with Crippen LogP contribution in [0, 0.1) is 5.92 Å². The van der Waals surface area contributed by atoms with Gasteiger partial charge in [-0.25, -0.2) is 0 Å². The van der Waals surface area contributed by atoms with Crippen molar-refractivity contribution in [2.45, 2.75) is 13.0 Å². The highest BCUT2D eigenvalue weighted by Gasteiger charge is 2.31. The summed E-state index contributed by atoms with van der Waals surface area (Å²) in [6.45, 7) is 4.24. The Morgan fingerprint density at radius 1 is 1.53 bits per heavy atom. The second-order valence-corrected chi connectivity index (χ2v) is 5.30. The van der Waals surface area contributed by atoms with E-state index in [-0.39, 0.29) is 5.84 Å². The molecule has 0 aromatic carbocycles. The molecular weight excluding hydrogens is 242 g/mol. The summed E-state index contributed by atoms with van der Waals surface area (Å²) in [7, 11) is 4.22. The van der Waals surface area contributed by atoms with Gasteiger partial charge in [0, 0.05) is 31.0 Å². The first-order chi connectivity index (χ1) is 9.02. The normalized spacial score (nSPS) is 24.2. The summed E-state index contributed by atoms with van der Waals surface area (Å²) >= 11 is 0. The van der Waals surface area contributed by atoms with Crippen LogP contribution in [0.3, 0.4) is 0 Å². The van der Waals surface area contributed by atoms with Gasteiger partial charge in [-0.05, 0) is 32.1 Å². The summed E-state index contributed by atoms with van der Waals surface area (Å²) in [6, 6.07) is 4.36. The lowest BCUT2D eigenvalue weighted by atomic mass is 10.1. The number of pyridine rings is 1. The van der Waals surface area contributed by atoms with Crippen LogP contribution in [0.2, 0.25) is 0 Å². The third-order valence-corrected chi connectivity index (χ3v) is 3.71. The summed E-state index contributed by atoms with van der Waals surface area (Å²) in [6.07, 6.45) is 1.69. The third kappa shape index (κ3) is 2.78. The highest BCUT2D eigenvalue weighted by Crippen LogP contribution is 2.26. The molecule has 0 radical (unpaired) electrons. The van der Waals surface area contributed by atoms with Gasteiger partial charge in [0.1, 0.15) is 5.69 Å². The van der Waals surface area contributed by atoms with Crippen LogP contribution in [0.4, 0.5) is 5.69 Å². The van der Waals surface area contributed by atoms with E-state index in [0.717, 1.165) is 18.8 Å². The Morgan fingerprint density at radius 2 is 2.26 bits per heavy atom. The Balaban J connectivity index is 2.20. The van der Waals surface area contributed by atoms with E-state index in [0.29, 0.717) is 17.7 Å². The lowest BCUT2D eigenvalue weighted by Crippen LogP contribution is -2.34. The quantitative estimate of drug-likeness (QED) is 0.361. The minimum atomic E-state index is 0.0401. The second-order valence-electron chi connectivity index (χ2n) is 5.30. The van der Waals surface area contributed by atoms with E-state index >= 15 is 0 Å². The maximum absolute atomic E-state index is 8.70. The largest absolute Gasteiger partial charge is 0.409 e. The van der Waals surface area contributed by atoms with Gasteiger partial charge in [-0.15, -0.1) is 0 Å². The lowest BCUT2D eigenvalue weighted by Gasteiger charge is -2.23. The van der Waals surface area contributed by atoms with Crippen molar-refractivity contribution in [3.05, 3.63) is 24.0 Å². The summed E-state index contributed by atoms with van der Waals surface area (Å²) in [5.74, 6) is 0.647. The van der Waals surface area contributed by atoms with Crippen molar-refractivity contribution < 1.29 is 5.21 Å². The monoisotopic (exact) mass is 263 g/mol. The molecule has 1 aliphatic heterocycles. The van der Waals surface area contributed by atoms with Crippen LogP contribution in [0.25, 0.3) is 0 Å². The molecule has 6 nitrogen and oxygen atoms in total. The van der Waals surface area contributed by atoms with Gasteiger partial charge in [-0.2, -0.15) is 0 Å². The molecule has 1 aromatic heterocycles. The fraction of sp³-hybridized carbons (Fsp3) is 0.538. The van der Waals surface area contributed by atoms with Crippen molar-refractivity contribution in [1.82, 2.24) is 9.88 Å². The highest BCUT2D eigenvalue weighted by molar-refractivity contribution is 5.95. The van der Waals surface area contributed by atoms with Gasteiger partial charge in [-0.1, -0.05) is 12.1 Å². The number of amidine groups is 1. The molecule has 1 aliphatic rings. The Kier molecular flexibility index (Phi) is 3.90. The highest BCUT2D eigenvalue weighted by atomic mass is 16.4. The SMILES string of the molecule is CC1CN(c2ccnc(/C(N)=N/O)c2)CC1N(C)C. The number of likely N-dealkylation sites (N-methyl/N-ethyl adjacent to an activating group) is 1. The van der Waals surface area contributed by atoms with Crippen molar-refractivity contribution in [1.29, 1.82) is 0 Å². The molecule has 2 rings (SSSR count). The van der Waals surface area contributed by atoms with E-state index in [1.165, 1.54) is 0 Å². The molecule has 3 N–H and O–H groups in total. The van der Waals surface area contributed by atoms with Crippen LogP contribution in [0.5, 0.6) is 0 Å². The number of nitrogens with two attached hydrogens (primary N) is 1. The zero-order valence-electron chi connectivity index (χ0n) is 11.6. The molecule has 0 aliphatic carbocycles. The first kappa shape index (κ1) is 13.6. The van der Waals surface area contributed by atoms with Gasteiger partial charge >= 0.3 is 0 Å². The molecule has 19 heavy (non-hydrogen) atoms. The Labute approximate surface area is 113 Å². The molecule has 0 spiro atoms. The van der Waals surface area contributed by atoms with E-state index in [9.17, 15) is 0 Å². The first-order valence-electron chi connectivity index (χ1n) is 6.38. The molecule has 2 heterocycles. The van der Waals surface area contributed by atoms with Crippen LogP contribution >= 0.6 is 0 Å². The molecule has 6 heteroatoms. The standard InChI is InChI=1S/C13H21N5O/c1-9-7-18(8-12(9)17(2)3)10-4-5-15-11(6-10)13(14)16-19/h4-6,9,12,19H,7-8H2,1-3H3,(H2,14,16). The maximum atomic E-state index is 8.70. The first-order valence-corrected chi connectivity index (χ1v) is 6.38. The molecule has 0 saturated carbocycles. The lowest BCUT2D eigenvalue weighted by molar-refractivity contribution is 0.266. The molecule has 1 aromatic rings. The molecule has 0 amide bonds. The van der Waals surface area contributed by atoms with Crippen LogP contribution in [-0.2, 0) is 0 Å². The van der Waals surface area contributed by atoms with E-state index in [1.54, 1.807) is 6.20 Å². The summed E-state index contributed by atoms with van der Waals surface area (Å²) in [5, 5.41) is 11.7. The summed E-state index contributed by atoms with van der Waals surface area (Å²) in [4.78, 5) is 8.67. The predicted molar refractivity (Wildman–Crippen MR) is 75.6 cm³/mol. The number of oxime groups is 1. The number of hydrogen-bond donors (Lipinski definition) is 2. The zero-order chi connectivity index (χ0) is 14.0. The average Bonchev–Trinajstić information content (AvgIpc) is 2.80. The van der Waals surface area contributed by atoms with Crippen molar-refractivity contribution in [2.24, 2.45) is 16.8 Å². The molecule has 2 atom stereocenters. The third-order valence-electron chi connectivity index (χ3n) is 3.71. The Hall–Kier alpha value is -1.82. The fourth-order valence-electron chi connectivity index (χ4n) is 2.64. The number of hydrogen-bond acceptors (Lipinski definition) is 5. The van der Waals surface area contributed by atoms with Crippen molar-refractivity contribution in [3.8, 4) is 0 Å². The Morgan fingerprint density at radius 3 is 2.84 bits per heavy atom. The molecule has 104 valence electrons. The van der Waals surface area contributed by atoms with Crippen molar-refractivity contribution in [3.63, 3.8) is 0 Å². The number of nitrogens with zero attached hydrogens (tertiary/aromatic N) is 4. The second kappa shape index (κ2) is 5.44. The number of rotatable bonds is 3. The predicted octanol–water partition coefficient (Wildman–Crippen LogP) is 0.562. The van der Waals surface area contributed by atoms with Gasteiger partial charge in [0.05, 0.1) is 0 Å². The van der Waals surface area contributed by atoms with Crippen molar-refractivity contribution in [2.75, 3.05) is 32.1 Å². The number of aromatic nitrogens is 1. The topological polar surface area (TPSA) is 78.0 Å². The van der Waals surface area contributed by atoms with Crippen LogP contribution < -0.4 is 10.6 Å². The minimum Gasteiger partial charge on any atom is -0.409 e. The van der Waals surface area contributed by atoms with Gasteiger partial charge in [-0.3, -0.25) is 4.98 Å². The van der Waals surface area contributed by atoms with Gasteiger partial charge in [0.15, 0.2) is 5.84 Å². The number of anilines is 1. The van der Waals surface area contributed by atoms with Gasteiger partial charge in [0.2, 0.25) is 0 Å². The maximum Gasteiger partial charge on any atom is 0.188 e. The average molecular weight is 263 g/mol. The molecule has 2 unspecified atom stereocenters. The smallest absolute Gasteiger partial charge is 0.188 e. The van der Waals surface area contributed by atoms with E-state index in [4.69, 9.17) is 10.9 Å². The molecule has 0 bridgehead atoms. The Bertz CT molecular complexity index is 474. The molecule has 1 fully saturated rings. The van der Waals surface area contributed by atoms with E-state index < -0.39 is 0 Å². The fourth-order valence-corrected chi connectivity index (χ4v) is 2.64. The molecule has 1 saturated heterocycles. The van der Waals surface area contributed by atoms with Gasteiger partial charge in [0.25, 0.3) is 0 Å². The minimum absolute atomic E-state index is 0.0401. The zero-order valence-corrected chi connectivity index (χ0v) is 11.6. The van der Waals surface area contributed by atoms with E-state index in [1.807, 2.05) is 12.1 Å². The van der Waals surface area contributed by atoms with Crippen molar-refractivity contribution >= 4 is 11.5 Å². The summed E-state index contributed by atoms with van der Waals surface area (Å²) in [5.41, 5.74) is 7.14. The van der Waals surface area contributed by atoms with E-state index in [2.05, 4.69) is 41.0 Å². The summed E-state index contributed by atoms with van der Waals surface area (Å²) < 4.78 is 0. The van der Waals surface area contributed by atoms with Crippen LogP contribution in [0.1, 0.15) is 12.6 Å². The van der Waals surface area contributed by atoms with Crippen LogP contribution in [-0.4, -0.2) is 54.2 Å². The molecular formula is C13H21N5O.